The number of aromatic amines is 1. The average Bonchev–Trinajstić information content (AvgIpc) is 3.41. The summed E-state index contributed by atoms with van der Waals surface area (Å²) in [6, 6.07) is 17.2. The first-order chi connectivity index (χ1) is 15.4. The third-order valence-electron chi connectivity index (χ3n) is 5.38. The third-order valence-corrected chi connectivity index (χ3v) is 6.63. The Balaban J connectivity index is 1.61. The largest absolute Gasteiger partial charge is 0.384 e. The fourth-order valence-electron chi connectivity index (χ4n) is 3.61. The number of hydrogen-bond acceptors (Lipinski definition) is 5. The lowest BCUT2D eigenvalue weighted by molar-refractivity contribution is -0.122. The monoisotopic (exact) mass is 467 g/mol. The molecule has 4 aromatic rings. The normalized spacial score (nSPS) is 12.0. The van der Waals surface area contributed by atoms with E-state index < -0.39 is 5.92 Å². The van der Waals surface area contributed by atoms with Crippen molar-refractivity contribution in [3.05, 3.63) is 92.2 Å². The summed E-state index contributed by atoms with van der Waals surface area (Å²) in [6.45, 7) is 1.72. The molecule has 8 heteroatoms. The Kier molecular flexibility index (Phi) is 6.58. The van der Waals surface area contributed by atoms with Gasteiger partial charge in [-0.25, -0.2) is 4.98 Å². The van der Waals surface area contributed by atoms with Gasteiger partial charge in [0.1, 0.15) is 5.76 Å². The molecule has 1 atom stereocenters. The first-order valence-corrected chi connectivity index (χ1v) is 11.4. The summed E-state index contributed by atoms with van der Waals surface area (Å²) in [4.78, 5) is 31.9. The number of H-pyrrole nitrogens is 1. The Morgan fingerprint density at radius 1 is 1.16 bits per heavy atom. The van der Waals surface area contributed by atoms with Crippen molar-refractivity contribution in [3.8, 4) is 11.3 Å². The van der Waals surface area contributed by atoms with Gasteiger partial charge < -0.3 is 4.52 Å². The number of rotatable bonds is 7. The summed E-state index contributed by atoms with van der Waals surface area (Å²) in [5, 5.41) is 5.42. The number of thiazole rings is 1. The summed E-state index contributed by atoms with van der Waals surface area (Å²) in [5.74, 6) is -0.0693. The highest BCUT2D eigenvalue weighted by atomic mass is 35.5. The average molecular weight is 468 g/mol. The van der Waals surface area contributed by atoms with Crippen molar-refractivity contribution in [2.75, 3.05) is 11.9 Å². The Morgan fingerprint density at radius 2 is 1.88 bits per heavy atom. The number of aromatic nitrogens is 2. The molecule has 6 nitrogen and oxygen atoms in total. The van der Waals surface area contributed by atoms with Crippen LogP contribution >= 0.6 is 22.9 Å². The second-order valence-corrected chi connectivity index (χ2v) is 8.79. The molecule has 0 aliphatic rings. The maximum atomic E-state index is 13.5. The molecule has 1 amide bonds. The highest BCUT2D eigenvalue weighted by Crippen LogP contribution is 2.32. The Morgan fingerprint density at radius 3 is 2.56 bits per heavy atom. The number of nitrogens with zero attached hydrogens (tertiary/aromatic N) is 2. The van der Waals surface area contributed by atoms with Gasteiger partial charge in [0.05, 0.1) is 11.3 Å². The molecule has 0 radical (unpaired) electrons. The molecular formula is C24H22ClN3O3S. The summed E-state index contributed by atoms with van der Waals surface area (Å²) in [5.41, 5.74) is 2.75. The van der Waals surface area contributed by atoms with Gasteiger partial charge >= 0.3 is 0 Å². The van der Waals surface area contributed by atoms with E-state index in [1.54, 1.807) is 18.9 Å². The van der Waals surface area contributed by atoms with Crippen molar-refractivity contribution >= 4 is 34.0 Å². The molecule has 0 aliphatic carbocycles. The first kappa shape index (κ1) is 22.0. The molecule has 0 spiro atoms. The third kappa shape index (κ3) is 4.69. The molecule has 0 fully saturated rings. The van der Waals surface area contributed by atoms with Crippen LogP contribution < -0.4 is 10.5 Å². The minimum Gasteiger partial charge on any atom is -0.384 e. The number of carbonyl (C=O) groups excluding carboxylic acids is 1. The van der Waals surface area contributed by atoms with Crippen LogP contribution in [0.4, 0.5) is 5.13 Å². The highest BCUT2D eigenvalue weighted by Gasteiger charge is 2.28. The molecule has 2 aromatic carbocycles. The van der Waals surface area contributed by atoms with Crippen molar-refractivity contribution in [1.29, 1.82) is 0 Å². The quantitative estimate of drug-likeness (QED) is 0.409. The Labute approximate surface area is 194 Å². The van der Waals surface area contributed by atoms with Gasteiger partial charge in [-0.3, -0.25) is 14.5 Å². The second kappa shape index (κ2) is 9.54. The highest BCUT2D eigenvalue weighted by molar-refractivity contribution is 7.14. The van der Waals surface area contributed by atoms with Gasteiger partial charge in [-0.2, -0.15) is 5.16 Å². The zero-order valence-electron chi connectivity index (χ0n) is 17.7. The molecule has 0 aliphatic heterocycles. The Hall–Kier alpha value is -3.16. The van der Waals surface area contributed by atoms with Crippen LogP contribution in [-0.4, -0.2) is 23.1 Å². The maximum Gasteiger partial charge on any atom is 0.283 e. The maximum absolute atomic E-state index is 13.5. The second-order valence-electron chi connectivity index (χ2n) is 7.55. The zero-order chi connectivity index (χ0) is 22.7. The van der Waals surface area contributed by atoms with Gasteiger partial charge in [-0.05, 0) is 31.4 Å². The van der Waals surface area contributed by atoms with Gasteiger partial charge in [0, 0.05) is 28.9 Å². The van der Waals surface area contributed by atoms with E-state index in [-0.39, 0.29) is 17.9 Å². The standard InChI is InChI=1S/C24H22ClN3O3S/c1-15-19(22(29)27-31-15)13-17(12-16-8-4-3-5-9-16)23(30)28(2)24-26-21(14-32-24)18-10-6-7-11-20(18)25/h3-11,14,17H,12-13H2,1-2H3,(H,27,29)/t17-/m1/s1. The molecule has 0 saturated carbocycles. The van der Waals surface area contributed by atoms with Crippen molar-refractivity contribution < 1.29 is 9.32 Å². The van der Waals surface area contributed by atoms with Gasteiger partial charge in [-0.1, -0.05) is 60.1 Å². The fourth-order valence-corrected chi connectivity index (χ4v) is 4.64. The van der Waals surface area contributed by atoms with Crippen molar-refractivity contribution in [1.82, 2.24) is 10.1 Å². The molecule has 164 valence electrons. The van der Waals surface area contributed by atoms with Crippen LogP contribution in [0.15, 0.2) is 69.3 Å². The smallest absolute Gasteiger partial charge is 0.283 e. The minimum absolute atomic E-state index is 0.117. The first-order valence-electron chi connectivity index (χ1n) is 10.1. The van der Waals surface area contributed by atoms with Gasteiger partial charge in [-0.15, -0.1) is 11.3 Å². The van der Waals surface area contributed by atoms with Crippen molar-refractivity contribution in [3.63, 3.8) is 0 Å². The number of nitrogens with one attached hydrogen (secondary N) is 1. The number of halogens is 1. The molecular weight excluding hydrogens is 446 g/mol. The molecule has 0 unspecified atom stereocenters. The number of anilines is 1. The summed E-state index contributed by atoms with van der Waals surface area (Å²) >= 11 is 7.68. The van der Waals surface area contributed by atoms with Crippen molar-refractivity contribution in [2.45, 2.75) is 19.8 Å². The van der Waals surface area contributed by atoms with Gasteiger partial charge in [0.25, 0.3) is 5.56 Å². The van der Waals surface area contributed by atoms with Crippen LogP contribution in [0, 0.1) is 12.8 Å². The molecule has 1 N–H and O–H groups in total. The molecule has 0 saturated heterocycles. The lowest BCUT2D eigenvalue weighted by Crippen LogP contribution is -2.36. The van der Waals surface area contributed by atoms with E-state index in [2.05, 4.69) is 10.1 Å². The van der Waals surface area contributed by atoms with Crippen LogP contribution in [0.25, 0.3) is 11.3 Å². The lowest BCUT2D eigenvalue weighted by atomic mass is 9.91. The van der Waals surface area contributed by atoms with E-state index in [0.29, 0.717) is 27.9 Å². The molecule has 32 heavy (non-hydrogen) atoms. The summed E-state index contributed by atoms with van der Waals surface area (Å²) in [6.07, 6.45) is 0.773. The van der Waals surface area contributed by atoms with Gasteiger partial charge in [0.15, 0.2) is 5.13 Å². The topological polar surface area (TPSA) is 79.2 Å². The fraction of sp³-hybridized carbons (Fsp3) is 0.208. The van der Waals surface area contributed by atoms with Crippen LogP contribution in [0.5, 0.6) is 0 Å². The van der Waals surface area contributed by atoms with Crippen LogP contribution in [0.2, 0.25) is 5.02 Å². The number of amides is 1. The molecule has 4 rings (SSSR count). The van der Waals surface area contributed by atoms with Crippen LogP contribution in [0.3, 0.4) is 0 Å². The van der Waals surface area contributed by atoms with E-state index in [0.717, 1.165) is 16.8 Å². The Bertz CT molecular complexity index is 1280. The molecule has 2 aromatic heterocycles. The molecule has 0 bridgehead atoms. The minimum atomic E-state index is -0.451. The number of benzene rings is 2. The van der Waals surface area contributed by atoms with E-state index in [4.69, 9.17) is 16.1 Å². The van der Waals surface area contributed by atoms with E-state index in [9.17, 15) is 9.59 Å². The summed E-state index contributed by atoms with van der Waals surface area (Å²) in [7, 11) is 1.71. The zero-order valence-corrected chi connectivity index (χ0v) is 19.2. The SMILES string of the molecule is Cc1o[nH]c(=O)c1C[C@@H](Cc1ccccc1)C(=O)N(C)c1nc(-c2ccccc2Cl)cs1. The van der Waals surface area contributed by atoms with E-state index >= 15 is 0 Å². The van der Waals surface area contributed by atoms with Crippen LogP contribution in [0.1, 0.15) is 16.9 Å². The summed E-state index contributed by atoms with van der Waals surface area (Å²) < 4.78 is 5.15. The van der Waals surface area contributed by atoms with Crippen molar-refractivity contribution in [2.24, 2.45) is 5.92 Å². The number of hydrogen-bond donors (Lipinski definition) is 1. The van der Waals surface area contributed by atoms with Crippen LogP contribution in [-0.2, 0) is 17.6 Å². The van der Waals surface area contributed by atoms with E-state index in [1.807, 2.05) is 60.0 Å². The molecule has 2 heterocycles. The lowest BCUT2D eigenvalue weighted by Gasteiger charge is -2.22. The van der Waals surface area contributed by atoms with Gasteiger partial charge in [0.2, 0.25) is 5.91 Å². The van der Waals surface area contributed by atoms with E-state index in [1.165, 1.54) is 11.3 Å². The number of carbonyl (C=O) groups is 1. The predicted molar refractivity (Wildman–Crippen MR) is 127 cm³/mol. The predicted octanol–water partition coefficient (Wildman–Crippen LogP) is 5.12. The number of aryl methyl sites for hydroxylation is 1.